The number of rotatable bonds is 4. The number of carbonyl (C=O) groups is 2. The lowest BCUT2D eigenvalue weighted by Crippen LogP contribution is -2.52. The maximum absolute atomic E-state index is 13.4. The predicted octanol–water partition coefficient (Wildman–Crippen LogP) is 3.20. The highest BCUT2D eigenvalue weighted by atomic mass is 16.5. The number of piperazine rings is 1. The van der Waals surface area contributed by atoms with E-state index < -0.39 is 6.04 Å². The number of anilines is 1. The van der Waals surface area contributed by atoms with Crippen LogP contribution in [0, 0.1) is 0 Å². The van der Waals surface area contributed by atoms with E-state index in [-0.39, 0.29) is 17.9 Å². The van der Waals surface area contributed by atoms with Gasteiger partial charge in [0, 0.05) is 17.8 Å². The van der Waals surface area contributed by atoms with Crippen molar-refractivity contribution in [2.75, 3.05) is 18.6 Å². The van der Waals surface area contributed by atoms with Crippen LogP contribution in [-0.4, -0.2) is 52.6 Å². The van der Waals surface area contributed by atoms with Crippen molar-refractivity contribution < 1.29 is 14.3 Å². The second-order valence-corrected chi connectivity index (χ2v) is 8.71. The Morgan fingerprint density at radius 1 is 1.12 bits per heavy atom. The van der Waals surface area contributed by atoms with E-state index in [4.69, 9.17) is 4.74 Å². The molecule has 162 valence electrons. The first-order valence-electron chi connectivity index (χ1n) is 11.1. The van der Waals surface area contributed by atoms with E-state index in [1.54, 1.807) is 12.0 Å². The van der Waals surface area contributed by atoms with E-state index in [1.165, 1.54) is 0 Å². The molecule has 0 unspecified atom stereocenters. The van der Waals surface area contributed by atoms with Gasteiger partial charge < -0.3 is 14.5 Å². The van der Waals surface area contributed by atoms with E-state index in [1.807, 2.05) is 53.4 Å². The maximum atomic E-state index is 13.4. The third kappa shape index (κ3) is 2.77. The fraction of sp³-hybridized carbons (Fsp3) is 0.320. The SMILES string of the molecule is COc1ccc(-c2ccccc2)cc1N1C(=O)[C@@H]2C[C@H]1CN2C(=O)c1n[nH]c2c1CCC2. The fourth-order valence-corrected chi connectivity index (χ4v) is 5.44. The largest absolute Gasteiger partial charge is 0.495 e. The quantitative estimate of drug-likeness (QED) is 0.692. The zero-order valence-electron chi connectivity index (χ0n) is 17.9. The minimum atomic E-state index is -0.452. The van der Waals surface area contributed by atoms with Gasteiger partial charge in [0.05, 0.1) is 18.8 Å². The molecule has 3 heterocycles. The predicted molar refractivity (Wildman–Crippen MR) is 120 cm³/mol. The van der Waals surface area contributed by atoms with Crippen molar-refractivity contribution in [3.63, 3.8) is 0 Å². The second kappa shape index (κ2) is 7.22. The lowest BCUT2D eigenvalue weighted by Gasteiger charge is -2.34. The van der Waals surface area contributed by atoms with Crippen molar-refractivity contribution in [2.24, 2.45) is 0 Å². The highest BCUT2D eigenvalue weighted by Gasteiger charge is 2.53. The standard InChI is InChI=1S/C25H24N4O3/c1-32-22-11-10-16(15-6-3-2-4-7-15)12-20(22)29-17-13-21(24(29)30)28(14-17)25(31)23-18-8-5-9-19(18)26-27-23/h2-4,6-7,10-12,17,21H,5,8-9,13-14H2,1H3,(H,26,27)/t17-,21-/m0/s1. The molecule has 3 aromatic rings. The molecular formula is C25H24N4O3. The summed E-state index contributed by atoms with van der Waals surface area (Å²) in [5, 5.41) is 7.29. The van der Waals surface area contributed by atoms with Gasteiger partial charge in [-0.25, -0.2) is 0 Å². The van der Waals surface area contributed by atoms with Crippen molar-refractivity contribution >= 4 is 17.5 Å². The van der Waals surface area contributed by atoms with Gasteiger partial charge in [-0.3, -0.25) is 14.7 Å². The first kappa shape index (κ1) is 19.1. The summed E-state index contributed by atoms with van der Waals surface area (Å²) in [6, 6.07) is 15.5. The Morgan fingerprint density at radius 3 is 2.75 bits per heavy atom. The van der Waals surface area contributed by atoms with Crippen molar-refractivity contribution in [1.29, 1.82) is 0 Å². The summed E-state index contributed by atoms with van der Waals surface area (Å²) in [5.74, 6) is 0.480. The number of amides is 2. The second-order valence-electron chi connectivity index (χ2n) is 8.71. The van der Waals surface area contributed by atoms with Crippen molar-refractivity contribution in [2.45, 2.75) is 37.8 Å². The Labute approximate surface area is 186 Å². The Morgan fingerprint density at radius 2 is 1.97 bits per heavy atom. The van der Waals surface area contributed by atoms with Crippen molar-refractivity contribution in [1.82, 2.24) is 15.1 Å². The molecule has 0 saturated carbocycles. The summed E-state index contributed by atoms with van der Waals surface area (Å²) >= 11 is 0. The van der Waals surface area contributed by atoms with Crippen LogP contribution in [0.5, 0.6) is 5.75 Å². The normalized spacial score (nSPS) is 21.3. The fourth-order valence-electron chi connectivity index (χ4n) is 5.44. The molecule has 32 heavy (non-hydrogen) atoms. The van der Waals surface area contributed by atoms with Gasteiger partial charge in [0.25, 0.3) is 5.91 Å². The van der Waals surface area contributed by atoms with Gasteiger partial charge in [-0.15, -0.1) is 0 Å². The topological polar surface area (TPSA) is 78.5 Å². The number of likely N-dealkylation sites (tertiary alicyclic amines) is 1. The van der Waals surface area contributed by atoms with Gasteiger partial charge in [0.2, 0.25) is 5.91 Å². The monoisotopic (exact) mass is 428 g/mol. The van der Waals surface area contributed by atoms with Crippen molar-refractivity contribution in [3.8, 4) is 16.9 Å². The van der Waals surface area contributed by atoms with Crippen LogP contribution >= 0.6 is 0 Å². The first-order valence-corrected chi connectivity index (χ1v) is 11.1. The van der Waals surface area contributed by atoms with Gasteiger partial charge in [-0.2, -0.15) is 5.10 Å². The van der Waals surface area contributed by atoms with Crippen LogP contribution in [0.3, 0.4) is 0 Å². The zero-order chi connectivity index (χ0) is 21.8. The summed E-state index contributed by atoms with van der Waals surface area (Å²) in [6.45, 7) is 0.510. The lowest BCUT2D eigenvalue weighted by molar-refractivity contribution is -0.121. The third-order valence-electron chi connectivity index (χ3n) is 6.98. The molecule has 1 aliphatic carbocycles. The number of benzene rings is 2. The Balaban J connectivity index is 1.30. The highest BCUT2D eigenvalue weighted by Crippen LogP contribution is 2.42. The zero-order valence-corrected chi connectivity index (χ0v) is 17.9. The molecular weight excluding hydrogens is 404 g/mol. The molecule has 2 fully saturated rings. The van der Waals surface area contributed by atoms with Crippen LogP contribution in [0.4, 0.5) is 5.69 Å². The van der Waals surface area contributed by atoms with E-state index in [2.05, 4.69) is 10.2 Å². The molecule has 3 aliphatic rings. The number of hydrogen-bond donors (Lipinski definition) is 1. The molecule has 2 aromatic carbocycles. The Kier molecular flexibility index (Phi) is 4.31. The number of ether oxygens (including phenoxy) is 1. The number of hydrogen-bond acceptors (Lipinski definition) is 4. The number of aryl methyl sites for hydroxylation is 1. The summed E-state index contributed by atoms with van der Waals surface area (Å²) in [6.07, 6.45) is 3.49. The molecule has 6 rings (SSSR count). The molecule has 0 spiro atoms. The molecule has 1 N–H and O–H groups in total. The van der Waals surface area contributed by atoms with Crippen LogP contribution < -0.4 is 9.64 Å². The summed E-state index contributed by atoms with van der Waals surface area (Å²) in [5.41, 5.74) is 5.45. The minimum Gasteiger partial charge on any atom is -0.495 e. The molecule has 2 saturated heterocycles. The first-order chi connectivity index (χ1) is 15.7. The summed E-state index contributed by atoms with van der Waals surface area (Å²) in [7, 11) is 1.62. The van der Waals surface area contributed by atoms with Crippen LogP contribution in [0.2, 0.25) is 0 Å². The van der Waals surface area contributed by atoms with E-state index in [0.29, 0.717) is 24.4 Å². The smallest absolute Gasteiger partial charge is 0.275 e. The molecule has 2 atom stereocenters. The molecule has 2 bridgehead atoms. The van der Waals surface area contributed by atoms with Gasteiger partial charge in [-0.05, 0) is 48.9 Å². The number of aromatic nitrogens is 2. The number of H-pyrrole nitrogens is 1. The number of fused-ring (bicyclic) bond motifs is 3. The molecule has 1 aromatic heterocycles. The average Bonchev–Trinajstić information content (AvgIpc) is 3.59. The van der Waals surface area contributed by atoms with Gasteiger partial charge >= 0.3 is 0 Å². The minimum absolute atomic E-state index is 0.0507. The molecule has 7 heteroatoms. The van der Waals surface area contributed by atoms with E-state index in [9.17, 15) is 9.59 Å². The molecule has 2 aliphatic heterocycles. The van der Waals surface area contributed by atoms with Crippen molar-refractivity contribution in [3.05, 3.63) is 65.5 Å². The number of aromatic amines is 1. The maximum Gasteiger partial charge on any atom is 0.275 e. The molecule has 0 radical (unpaired) electrons. The third-order valence-corrected chi connectivity index (χ3v) is 6.98. The summed E-state index contributed by atoms with van der Waals surface area (Å²) < 4.78 is 5.60. The highest BCUT2D eigenvalue weighted by molar-refractivity contribution is 6.07. The van der Waals surface area contributed by atoms with Crippen LogP contribution in [0.25, 0.3) is 11.1 Å². The van der Waals surface area contributed by atoms with Crippen LogP contribution in [0.15, 0.2) is 48.5 Å². The molecule has 7 nitrogen and oxygen atoms in total. The Hall–Kier alpha value is -3.61. The molecule has 2 amide bonds. The lowest BCUT2D eigenvalue weighted by atomic mass is 10.0. The average molecular weight is 428 g/mol. The van der Waals surface area contributed by atoms with Crippen LogP contribution in [-0.2, 0) is 17.6 Å². The van der Waals surface area contributed by atoms with E-state index in [0.717, 1.165) is 47.3 Å². The van der Waals surface area contributed by atoms with Crippen LogP contribution in [0.1, 0.15) is 34.6 Å². The number of nitrogens with zero attached hydrogens (tertiary/aromatic N) is 3. The van der Waals surface area contributed by atoms with Gasteiger partial charge in [0.1, 0.15) is 11.8 Å². The van der Waals surface area contributed by atoms with E-state index >= 15 is 0 Å². The number of nitrogens with one attached hydrogen (secondary N) is 1. The Bertz CT molecular complexity index is 1220. The van der Waals surface area contributed by atoms with Gasteiger partial charge in [-0.1, -0.05) is 36.4 Å². The number of methoxy groups -OCH3 is 1. The van der Waals surface area contributed by atoms with Gasteiger partial charge in [0.15, 0.2) is 5.69 Å². The number of carbonyl (C=O) groups excluding carboxylic acids is 2. The summed E-state index contributed by atoms with van der Waals surface area (Å²) in [4.78, 5) is 30.2.